The van der Waals surface area contributed by atoms with Crippen molar-refractivity contribution in [1.82, 2.24) is 0 Å². The van der Waals surface area contributed by atoms with Crippen molar-refractivity contribution in [2.24, 2.45) is 5.73 Å². The second-order valence-electron chi connectivity index (χ2n) is 5.34. The summed E-state index contributed by atoms with van der Waals surface area (Å²) in [5.41, 5.74) is 7.04. The summed E-state index contributed by atoms with van der Waals surface area (Å²) in [7, 11) is 1.63. The van der Waals surface area contributed by atoms with Crippen LogP contribution < -0.4 is 15.8 Å². The monoisotopic (exact) mass is 300 g/mol. The molecule has 0 heterocycles. The second-order valence-corrected chi connectivity index (χ2v) is 5.34. The van der Waals surface area contributed by atoms with Gasteiger partial charge in [-0.05, 0) is 42.3 Å². The number of anilines is 1. The third-order valence-corrected chi connectivity index (χ3v) is 3.39. The molecule has 4 N–H and O–H groups in total. The van der Waals surface area contributed by atoms with Gasteiger partial charge in [-0.25, -0.2) is 0 Å². The van der Waals surface area contributed by atoms with Crippen molar-refractivity contribution in [2.45, 2.75) is 12.5 Å². The molecule has 0 aliphatic heterocycles. The lowest BCUT2D eigenvalue weighted by molar-refractivity contribution is -0.121. The van der Waals surface area contributed by atoms with E-state index < -0.39 is 18.1 Å². The fourth-order valence-electron chi connectivity index (χ4n) is 1.89. The molecular formula is C17H20N2O3. The van der Waals surface area contributed by atoms with E-state index >= 15 is 0 Å². The van der Waals surface area contributed by atoms with Crippen LogP contribution in [0.2, 0.25) is 0 Å². The number of amides is 1. The molecule has 5 heteroatoms. The van der Waals surface area contributed by atoms with E-state index in [9.17, 15) is 4.79 Å². The van der Waals surface area contributed by atoms with Gasteiger partial charge in [0.25, 0.3) is 0 Å². The van der Waals surface area contributed by atoms with Gasteiger partial charge >= 0.3 is 0 Å². The number of ether oxygens (including phenoxy) is 1. The lowest BCUT2D eigenvalue weighted by Crippen LogP contribution is -2.51. The van der Waals surface area contributed by atoms with E-state index in [2.05, 4.69) is 5.32 Å². The number of hydrogen-bond donors (Lipinski definition) is 3. The third-order valence-electron chi connectivity index (χ3n) is 3.39. The van der Waals surface area contributed by atoms with Crippen LogP contribution in [-0.2, 0) is 4.79 Å². The first kappa shape index (κ1) is 16.0. The average Bonchev–Trinajstić information content (AvgIpc) is 2.55. The van der Waals surface area contributed by atoms with Crippen molar-refractivity contribution >= 4 is 11.6 Å². The zero-order valence-electron chi connectivity index (χ0n) is 12.7. The normalized spacial score (nSPS) is 13.3. The summed E-state index contributed by atoms with van der Waals surface area (Å²) >= 11 is 0. The number of benzene rings is 2. The second kappa shape index (κ2) is 6.60. The van der Waals surface area contributed by atoms with Crippen LogP contribution >= 0.6 is 0 Å². The number of carbonyl (C=O) groups excluding carboxylic acids is 1. The van der Waals surface area contributed by atoms with E-state index in [4.69, 9.17) is 15.6 Å². The van der Waals surface area contributed by atoms with E-state index in [1.807, 2.05) is 36.4 Å². The van der Waals surface area contributed by atoms with Crippen molar-refractivity contribution in [3.05, 3.63) is 48.5 Å². The first-order chi connectivity index (χ1) is 10.5. The number of aliphatic hydroxyl groups excluding tert-OH is 1. The molecule has 2 aromatic rings. The zero-order chi connectivity index (χ0) is 16.2. The Morgan fingerprint density at radius 2 is 1.91 bits per heavy atom. The molecule has 2 rings (SSSR count). The van der Waals surface area contributed by atoms with Gasteiger partial charge in [0, 0.05) is 5.69 Å². The average molecular weight is 300 g/mol. The molecule has 1 unspecified atom stereocenters. The minimum atomic E-state index is -1.30. The molecule has 5 nitrogen and oxygen atoms in total. The molecule has 1 atom stereocenters. The fourth-order valence-corrected chi connectivity index (χ4v) is 1.89. The van der Waals surface area contributed by atoms with E-state index in [0.717, 1.165) is 16.9 Å². The number of aliphatic hydroxyl groups is 1. The van der Waals surface area contributed by atoms with Crippen LogP contribution in [0.3, 0.4) is 0 Å². The summed E-state index contributed by atoms with van der Waals surface area (Å²) in [5.74, 6) is 0.362. The van der Waals surface area contributed by atoms with E-state index in [1.54, 1.807) is 19.2 Å². The summed E-state index contributed by atoms with van der Waals surface area (Å²) < 4.78 is 5.21. The fraction of sp³-hybridized carbons (Fsp3) is 0.235. The molecule has 0 bridgehead atoms. The van der Waals surface area contributed by atoms with Crippen LogP contribution in [0.25, 0.3) is 11.1 Å². The Morgan fingerprint density at radius 3 is 2.50 bits per heavy atom. The highest BCUT2D eigenvalue weighted by molar-refractivity contribution is 5.97. The Hall–Kier alpha value is -2.37. The lowest BCUT2D eigenvalue weighted by Gasteiger charge is -2.20. The molecule has 0 fully saturated rings. The first-order valence-corrected chi connectivity index (χ1v) is 6.92. The van der Waals surface area contributed by atoms with Gasteiger partial charge in [-0.2, -0.15) is 0 Å². The number of hydrogen-bond acceptors (Lipinski definition) is 4. The Kier molecular flexibility index (Phi) is 4.80. The van der Waals surface area contributed by atoms with Gasteiger partial charge in [-0.15, -0.1) is 0 Å². The molecule has 1 amide bonds. The quantitative estimate of drug-likeness (QED) is 0.788. The molecule has 0 radical (unpaired) electrons. The van der Waals surface area contributed by atoms with Gasteiger partial charge in [0.2, 0.25) is 5.91 Å². The Balaban J connectivity index is 2.15. The largest absolute Gasteiger partial charge is 0.497 e. The SMILES string of the molecule is COc1cccc(-c2ccc(NC(=O)C(C)(N)CO)cc2)c1. The molecule has 0 spiro atoms. The van der Waals surface area contributed by atoms with Crippen LogP contribution in [0.15, 0.2) is 48.5 Å². The van der Waals surface area contributed by atoms with Crippen LogP contribution in [0.4, 0.5) is 5.69 Å². The van der Waals surface area contributed by atoms with Crippen molar-refractivity contribution in [2.75, 3.05) is 19.0 Å². The predicted molar refractivity (Wildman–Crippen MR) is 86.7 cm³/mol. The molecule has 0 saturated carbocycles. The summed E-state index contributed by atoms with van der Waals surface area (Å²) in [6.45, 7) is 1.06. The van der Waals surface area contributed by atoms with Gasteiger partial charge in [-0.1, -0.05) is 24.3 Å². The maximum atomic E-state index is 11.9. The van der Waals surface area contributed by atoms with Crippen molar-refractivity contribution in [3.8, 4) is 16.9 Å². The summed E-state index contributed by atoms with van der Waals surface area (Å²) in [5, 5.41) is 11.8. The molecular weight excluding hydrogens is 280 g/mol. The minimum absolute atomic E-state index is 0.416. The predicted octanol–water partition coefficient (Wildman–Crippen LogP) is 2.01. The standard InChI is InChI=1S/C17H20N2O3/c1-17(18,11-20)16(21)19-14-8-6-12(7-9-14)13-4-3-5-15(10-13)22-2/h3-10,20H,11,18H2,1-2H3,(H,19,21). The third kappa shape index (κ3) is 3.63. The molecule has 0 aromatic heterocycles. The van der Waals surface area contributed by atoms with Crippen LogP contribution in [0.5, 0.6) is 5.75 Å². The molecule has 0 saturated heterocycles. The van der Waals surface area contributed by atoms with E-state index in [1.165, 1.54) is 6.92 Å². The Labute approximate surface area is 129 Å². The Morgan fingerprint density at radius 1 is 1.23 bits per heavy atom. The molecule has 116 valence electrons. The Bertz CT molecular complexity index is 651. The highest BCUT2D eigenvalue weighted by Crippen LogP contribution is 2.25. The maximum Gasteiger partial charge on any atom is 0.246 e. The van der Waals surface area contributed by atoms with E-state index in [-0.39, 0.29) is 0 Å². The number of rotatable bonds is 5. The lowest BCUT2D eigenvalue weighted by atomic mass is 10.0. The highest BCUT2D eigenvalue weighted by atomic mass is 16.5. The number of nitrogens with one attached hydrogen (secondary N) is 1. The molecule has 0 aliphatic carbocycles. The number of methoxy groups -OCH3 is 1. The number of carbonyl (C=O) groups is 1. The molecule has 0 aliphatic rings. The maximum absolute atomic E-state index is 11.9. The van der Waals surface area contributed by atoms with Crippen molar-refractivity contribution < 1.29 is 14.6 Å². The zero-order valence-corrected chi connectivity index (χ0v) is 12.7. The van der Waals surface area contributed by atoms with Gasteiger partial charge in [-0.3, -0.25) is 4.79 Å². The summed E-state index contributed by atoms with van der Waals surface area (Å²) in [4.78, 5) is 11.9. The van der Waals surface area contributed by atoms with Crippen LogP contribution in [0.1, 0.15) is 6.92 Å². The van der Waals surface area contributed by atoms with Crippen molar-refractivity contribution in [1.29, 1.82) is 0 Å². The van der Waals surface area contributed by atoms with Crippen LogP contribution in [0, 0.1) is 0 Å². The van der Waals surface area contributed by atoms with Gasteiger partial charge in [0.15, 0.2) is 0 Å². The van der Waals surface area contributed by atoms with Crippen molar-refractivity contribution in [3.63, 3.8) is 0 Å². The first-order valence-electron chi connectivity index (χ1n) is 6.92. The summed E-state index contributed by atoms with van der Waals surface area (Å²) in [6.07, 6.45) is 0. The minimum Gasteiger partial charge on any atom is -0.497 e. The smallest absolute Gasteiger partial charge is 0.246 e. The van der Waals surface area contributed by atoms with Crippen LogP contribution in [-0.4, -0.2) is 30.3 Å². The molecule has 22 heavy (non-hydrogen) atoms. The number of nitrogens with two attached hydrogens (primary N) is 1. The molecule has 2 aromatic carbocycles. The van der Waals surface area contributed by atoms with E-state index in [0.29, 0.717) is 5.69 Å². The topological polar surface area (TPSA) is 84.6 Å². The summed E-state index contributed by atoms with van der Waals surface area (Å²) in [6, 6.07) is 15.1. The van der Waals surface area contributed by atoms with Gasteiger partial charge in [0.1, 0.15) is 11.3 Å². The van der Waals surface area contributed by atoms with Gasteiger partial charge in [0.05, 0.1) is 13.7 Å². The highest BCUT2D eigenvalue weighted by Gasteiger charge is 2.27. The van der Waals surface area contributed by atoms with Gasteiger partial charge < -0.3 is 20.9 Å².